The molecule has 0 saturated heterocycles. The molecule has 7 aromatic carbocycles. The molecular formula is C41H27NS. The number of rotatable bonds is 3. The summed E-state index contributed by atoms with van der Waals surface area (Å²) in [6.45, 7) is 2.20. The Morgan fingerprint density at radius 1 is 0.465 bits per heavy atom. The maximum Gasteiger partial charge on any atom is 0.0547 e. The summed E-state index contributed by atoms with van der Waals surface area (Å²) in [5.74, 6) is 0. The molecule has 0 aliphatic carbocycles. The number of fused-ring (bicyclic) bond motifs is 8. The van der Waals surface area contributed by atoms with Crippen LogP contribution in [0.5, 0.6) is 0 Å². The van der Waals surface area contributed by atoms with E-state index in [-0.39, 0.29) is 0 Å². The average Bonchev–Trinajstić information content (AvgIpc) is 3.60. The van der Waals surface area contributed by atoms with Gasteiger partial charge in [0.1, 0.15) is 0 Å². The Balaban J connectivity index is 1.32. The van der Waals surface area contributed by atoms with Crippen molar-refractivity contribution in [3.05, 3.63) is 151 Å². The summed E-state index contributed by atoms with van der Waals surface area (Å²) < 4.78 is 5.12. The van der Waals surface area contributed by atoms with Crippen molar-refractivity contribution in [2.45, 2.75) is 6.92 Å². The SMILES string of the molecule is Cc1ccccc1-c1ccccc1-c1ccc2c3ccccc3n(-c3ccc4sc5ccc6ccccc6c5c4c3)c2c1. The molecule has 0 bridgehead atoms. The number of hydrogen-bond acceptors (Lipinski definition) is 1. The van der Waals surface area contributed by atoms with E-state index in [1.165, 1.54) is 86.3 Å². The molecule has 9 rings (SSSR count). The van der Waals surface area contributed by atoms with Crippen LogP contribution in [0.25, 0.3) is 80.7 Å². The minimum absolute atomic E-state index is 1.19. The predicted octanol–water partition coefficient (Wildman–Crippen LogP) is 11.9. The Labute approximate surface area is 253 Å². The summed E-state index contributed by atoms with van der Waals surface area (Å²) in [7, 11) is 0. The number of benzene rings is 7. The molecule has 202 valence electrons. The van der Waals surface area contributed by atoms with Gasteiger partial charge < -0.3 is 4.57 Å². The fraction of sp³-hybridized carbons (Fsp3) is 0.0244. The van der Waals surface area contributed by atoms with E-state index in [0.717, 1.165) is 0 Å². The van der Waals surface area contributed by atoms with Crippen LogP contribution in [0, 0.1) is 6.92 Å². The molecule has 0 unspecified atom stereocenters. The quantitative estimate of drug-likeness (QED) is 0.201. The molecule has 0 spiro atoms. The third kappa shape index (κ3) is 3.70. The van der Waals surface area contributed by atoms with Crippen LogP contribution in [-0.2, 0) is 0 Å². The van der Waals surface area contributed by atoms with Gasteiger partial charge in [0, 0.05) is 36.6 Å². The monoisotopic (exact) mass is 565 g/mol. The minimum atomic E-state index is 1.19. The van der Waals surface area contributed by atoms with E-state index >= 15 is 0 Å². The summed E-state index contributed by atoms with van der Waals surface area (Å²) in [5.41, 5.74) is 9.95. The van der Waals surface area contributed by atoms with Gasteiger partial charge in [-0.15, -0.1) is 11.3 Å². The molecule has 2 heterocycles. The van der Waals surface area contributed by atoms with E-state index in [1.54, 1.807) is 0 Å². The summed E-state index contributed by atoms with van der Waals surface area (Å²) in [6.07, 6.45) is 0. The summed E-state index contributed by atoms with van der Waals surface area (Å²) in [4.78, 5) is 0. The van der Waals surface area contributed by atoms with Crippen LogP contribution in [0.15, 0.2) is 146 Å². The Morgan fingerprint density at radius 2 is 1.16 bits per heavy atom. The fourth-order valence-corrected chi connectivity index (χ4v) is 8.04. The lowest BCUT2D eigenvalue weighted by atomic mass is 9.92. The van der Waals surface area contributed by atoms with Crippen molar-refractivity contribution in [1.29, 1.82) is 0 Å². The molecule has 0 saturated carbocycles. The molecule has 0 amide bonds. The maximum atomic E-state index is 2.46. The van der Waals surface area contributed by atoms with Crippen molar-refractivity contribution in [2.24, 2.45) is 0 Å². The van der Waals surface area contributed by atoms with Crippen LogP contribution in [0.1, 0.15) is 5.56 Å². The van der Waals surface area contributed by atoms with Gasteiger partial charge in [-0.05, 0) is 81.9 Å². The van der Waals surface area contributed by atoms with Crippen molar-refractivity contribution in [3.8, 4) is 27.9 Å². The van der Waals surface area contributed by atoms with Crippen LogP contribution in [-0.4, -0.2) is 4.57 Å². The topological polar surface area (TPSA) is 4.93 Å². The number of hydrogen-bond donors (Lipinski definition) is 0. The third-order valence-electron chi connectivity index (χ3n) is 8.95. The van der Waals surface area contributed by atoms with Gasteiger partial charge in [0.15, 0.2) is 0 Å². The van der Waals surface area contributed by atoms with Gasteiger partial charge in [0.05, 0.1) is 11.0 Å². The molecule has 2 aromatic heterocycles. The molecule has 0 aliphatic heterocycles. The van der Waals surface area contributed by atoms with Crippen LogP contribution in [0.4, 0.5) is 0 Å². The minimum Gasteiger partial charge on any atom is -0.309 e. The molecule has 0 atom stereocenters. The average molecular weight is 566 g/mol. The molecule has 2 heteroatoms. The molecule has 0 fully saturated rings. The number of nitrogens with zero attached hydrogens (tertiary/aromatic N) is 1. The zero-order valence-corrected chi connectivity index (χ0v) is 24.5. The largest absolute Gasteiger partial charge is 0.309 e. The normalized spacial score (nSPS) is 11.8. The van der Waals surface area contributed by atoms with Gasteiger partial charge in [-0.1, -0.05) is 109 Å². The van der Waals surface area contributed by atoms with Gasteiger partial charge >= 0.3 is 0 Å². The molecule has 0 N–H and O–H groups in total. The summed E-state index contributed by atoms with van der Waals surface area (Å²) >= 11 is 1.88. The first-order chi connectivity index (χ1) is 21.2. The van der Waals surface area contributed by atoms with Crippen molar-refractivity contribution in [2.75, 3.05) is 0 Å². The second-order valence-electron chi connectivity index (χ2n) is 11.4. The number of thiophene rings is 1. The number of aromatic nitrogens is 1. The molecule has 1 nitrogen and oxygen atoms in total. The van der Waals surface area contributed by atoms with Crippen molar-refractivity contribution in [3.63, 3.8) is 0 Å². The fourth-order valence-electron chi connectivity index (χ4n) is 6.94. The highest BCUT2D eigenvalue weighted by atomic mass is 32.1. The van der Waals surface area contributed by atoms with Gasteiger partial charge in [-0.3, -0.25) is 0 Å². The van der Waals surface area contributed by atoms with E-state index in [9.17, 15) is 0 Å². The first-order valence-electron chi connectivity index (χ1n) is 14.8. The van der Waals surface area contributed by atoms with Crippen LogP contribution in [0.3, 0.4) is 0 Å². The van der Waals surface area contributed by atoms with Crippen molar-refractivity contribution >= 4 is 64.1 Å². The smallest absolute Gasteiger partial charge is 0.0547 e. The highest BCUT2D eigenvalue weighted by Gasteiger charge is 2.17. The van der Waals surface area contributed by atoms with Crippen LogP contribution < -0.4 is 0 Å². The van der Waals surface area contributed by atoms with Gasteiger partial charge in [0.25, 0.3) is 0 Å². The van der Waals surface area contributed by atoms with E-state index in [0.29, 0.717) is 0 Å². The highest BCUT2D eigenvalue weighted by Crippen LogP contribution is 2.42. The lowest BCUT2D eigenvalue weighted by Gasteiger charge is -2.14. The Hall–Kier alpha value is -5.18. The lowest BCUT2D eigenvalue weighted by Crippen LogP contribution is -1.94. The van der Waals surface area contributed by atoms with Crippen LogP contribution in [0.2, 0.25) is 0 Å². The maximum absolute atomic E-state index is 2.46. The van der Waals surface area contributed by atoms with Crippen molar-refractivity contribution in [1.82, 2.24) is 4.57 Å². The predicted molar refractivity (Wildman–Crippen MR) is 187 cm³/mol. The Kier molecular flexibility index (Phi) is 5.35. The van der Waals surface area contributed by atoms with E-state index in [1.807, 2.05) is 11.3 Å². The van der Waals surface area contributed by atoms with Gasteiger partial charge in [-0.2, -0.15) is 0 Å². The summed E-state index contributed by atoms with van der Waals surface area (Å²) in [5, 5.41) is 7.83. The first-order valence-corrected chi connectivity index (χ1v) is 15.6. The molecule has 9 aromatic rings. The zero-order chi connectivity index (χ0) is 28.5. The molecular weight excluding hydrogens is 539 g/mol. The van der Waals surface area contributed by atoms with Gasteiger partial charge in [0.2, 0.25) is 0 Å². The number of aryl methyl sites for hydroxylation is 1. The summed E-state index contributed by atoms with van der Waals surface area (Å²) in [6, 6.07) is 53.5. The van der Waals surface area contributed by atoms with Crippen molar-refractivity contribution < 1.29 is 0 Å². The van der Waals surface area contributed by atoms with Gasteiger partial charge in [-0.25, -0.2) is 0 Å². The van der Waals surface area contributed by atoms with E-state index in [4.69, 9.17) is 0 Å². The Morgan fingerprint density at radius 3 is 2.05 bits per heavy atom. The molecule has 0 aliphatic rings. The zero-order valence-electron chi connectivity index (χ0n) is 23.7. The van der Waals surface area contributed by atoms with Crippen LogP contribution >= 0.6 is 11.3 Å². The van der Waals surface area contributed by atoms with E-state index in [2.05, 4.69) is 157 Å². The lowest BCUT2D eigenvalue weighted by molar-refractivity contribution is 1.19. The number of para-hydroxylation sites is 1. The molecule has 0 radical (unpaired) electrons. The second kappa shape index (κ2) is 9.42. The molecule has 43 heavy (non-hydrogen) atoms. The van der Waals surface area contributed by atoms with E-state index < -0.39 is 0 Å². The second-order valence-corrected chi connectivity index (χ2v) is 12.5. The Bertz CT molecular complexity index is 2530. The highest BCUT2D eigenvalue weighted by molar-refractivity contribution is 7.26. The standard InChI is InChI=1S/C41H27NS/c1-26-10-2-4-12-30(26)33-15-7-6-13-31(33)28-18-21-35-34-16-8-9-17-37(34)42(38(35)24-28)29-20-23-39-36(25-29)41-32-14-5-3-11-27(32)19-22-40(41)43-39/h2-25H,1H3. The third-order valence-corrected chi connectivity index (χ3v) is 10.1. The first kappa shape index (κ1) is 24.4.